The molecular weight excluding hydrogens is 230 g/mol. The highest BCUT2D eigenvalue weighted by atomic mass is 16.5. The Morgan fingerprint density at radius 3 is 2.72 bits per heavy atom. The zero-order chi connectivity index (χ0) is 13.5. The van der Waals surface area contributed by atoms with Crippen LogP contribution >= 0.6 is 0 Å². The number of amides is 1. The second-order valence-electron chi connectivity index (χ2n) is 5.25. The summed E-state index contributed by atoms with van der Waals surface area (Å²) in [6.07, 6.45) is 1.12. The van der Waals surface area contributed by atoms with Crippen molar-refractivity contribution in [2.24, 2.45) is 0 Å². The van der Waals surface area contributed by atoms with Crippen molar-refractivity contribution in [2.75, 3.05) is 33.4 Å². The number of carbonyl (C=O) groups is 1. The van der Waals surface area contributed by atoms with Crippen LogP contribution < -0.4 is 10.6 Å². The largest absolute Gasteiger partial charge is 0.383 e. The lowest BCUT2D eigenvalue weighted by Gasteiger charge is -2.22. The van der Waals surface area contributed by atoms with E-state index in [1.165, 1.54) is 0 Å². The lowest BCUT2D eigenvalue weighted by molar-refractivity contribution is -0.123. The van der Waals surface area contributed by atoms with Gasteiger partial charge in [0.2, 0.25) is 5.91 Å². The van der Waals surface area contributed by atoms with E-state index < -0.39 is 0 Å². The summed E-state index contributed by atoms with van der Waals surface area (Å²) in [5, 5.41) is 6.25. The highest BCUT2D eigenvalue weighted by molar-refractivity contribution is 5.81. The first kappa shape index (κ1) is 15.4. The maximum absolute atomic E-state index is 11.8. The Morgan fingerprint density at radius 1 is 1.44 bits per heavy atom. The smallest absolute Gasteiger partial charge is 0.236 e. The summed E-state index contributed by atoms with van der Waals surface area (Å²) in [5.74, 6) is 0.0510. The molecule has 0 bridgehead atoms. The van der Waals surface area contributed by atoms with Crippen LogP contribution in [-0.4, -0.2) is 62.3 Å². The standard InChI is InChI=1S/C13H27N3O2/c1-10(2)16-7-5-12(9-16)15-11(3)13(17)14-6-8-18-4/h10-12,15H,5-9H2,1-4H3,(H,14,17). The first-order valence-electron chi connectivity index (χ1n) is 6.81. The fourth-order valence-corrected chi connectivity index (χ4v) is 2.25. The third-order valence-corrected chi connectivity index (χ3v) is 3.43. The molecule has 1 saturated heterocycles. The van der Waals surface area contributed by atoms with Gasteiger partial charge in [0.15, 0.2) is 0 Å². The minimum absolute atomic E-state index is 0.0510. The lowest BCUT2D eigenvalue weighted by Crippen LogP contribution is -2.48. The van der Waals surface area contributed by atoms with Crippen LogP contribution in [0.4, 0.5) is 0 Å². The van der Waals surface area contributed by atoms with Gasteiger partial charge in [-0.25, -0.2) is 0 Å². The number of hydrogen-bond donors (Lipinski definition) is 2. The highest BCUT2D eigenvalue weighted by Crippen LogP contribution is 2.12. The molecule has 2 atom stereocenters. The molecule has 0 aromatic carbocycles. The minimum Gasteiger partial charge on any atom is -0.383 e. The van der Waals surface area contributed by atoms with Crippen LogP contribution in [0.2, 0.25) is 0 Å². The van der Waals surface area contributed by atoms with Crippen molar-refractivity contribution in [1.29, 1.82) is 0 Å². The molecule has 1 aliphatic rings. The van der Waals surface area contributed by atoms with Crippen molar-refractivity contribution in [1.82, 2.24) is 15.5 Å². The molecule has 0 spiro atoms. The molecule has 0 radical (unpaired) electrons. The van der Waals surface area contributed by atoms with E-state index in [2.05, 4.69) is 29.4 Å². The number of hydrogen-bond acceptors (Lipinski definition) is 4. The molecule has 18 heavy (non-hydrogen) atoms. The van der Waals surface area contributed by atoms with Gasteiger partial charge in [-0.1, -0.05) is 0 Å². The number of rotatable bonds is 7. The fourth-order valence-electron chi connectivity index (χ4n) is 2.25. The predicted molar refractivity (Wildman–Crippen MR) is 72.6 cm³/mol. The van der Waals surface area contributed by atoms with Crippen molar-refractivity contribution >= 4 is 5.91 Å². The molecule has 5 nitrogen and oxygen atoms in total. The third kappa shape index (κ3) is 4.92. The molecular formula is C13H27N3O2. The summed E-state index contributed by atoms with van der Waals surface area (Å²) in [6, 6.07) is 0.872. The summed E-state index contributed by atoms with van der Waals surface area (Å²) in [5.41, 5.74) is 0. The molecule has 1 heterocycles. The van der Waals surface area contributed by atoms with Crippen molar-refractivity contribution < 1.29 is 9.53 Å². The van der Waals surface area contributed by atoms with E-state index in [1.54, 1.807) is 7.11 Å². The number of likely N-dealkylation sites (tertiary alicyclic amines) is 1. The van der Waals surface area contributed by atoms with E-state index in [9.17, 15) is 4.79 Å². The zero-order valence-electron chi connectivity index (χ0n) is 12.0. The van der Waals surface area contributed by atoms with Crippen LogP contribution in [0.25, 0.3) is 0 Å². The van der Waals surface area contributed by atoms with Gasteiger partial charge in [-0.3, -0.25) is 9.69 Å². The van der Waals surface area contributed by atoms with Crippen molar-refractivity contribution in [3.63, 3.8) is 0 Å². The first-order chi connectivity index (χ1) is 8.54. The van der Waals surface area contributed by atoms with Crippen molar-refractivity contribution in [3.05, 3.63) is 0 Å². The molecule has 2 unspecified atom stereocenters. The summed E-state index contributed by atoms with van der Waals surface area (Å²) < 4.78 is 4.90. The first-order valence-corrected chi connectivity index (χ1v) is 6.81. The summed E-state index contributed by atoms with van der Waals surface area (Å²) in [6.45, 7) is 9.63. The average molecular weight is 257 g/mol. The van der Waals surface area contributed by atoms with Crippen LogP contribution in [-0.2, 0) is 9.53 Å². The normalized spacial score (nSPS) is 22.4. The molecule has 106 valence electrons. The zero-order valence-corrected chi connectivity index (χ0v) is 12.0. The fraction of sp³-hybridized carbons (Fsp3) is 0.923. The average Bonchev–Trinajstić information content (AvgIpc) is 2.77. The number of methoxy groups -OCH3 is 1. The van der Waals surface area contributed by atoms with Crippen molar-refractivity contribution in [2.45, 2.75) is 45.3 Å². The Hall–Kier alpha value is -0.650. The predicted octanol–water partition coefficient (Wildman–Crippen LogP) is 0.210. The Kier molecular flexibility index (Phi) is 6.60. The van der Waals surface area contributed by atoms with Crippen LogP contribution in [0.15, 0.2) is 0 Å². The maximum Gasteiger partial charge on any atom is 0.236 e. The molecule has 1 fully saturated rings. The van der Waals surface area contributed by atoms with E-state index in [0.29, 0.717) is 25.2 Å². The van der Waals surface area contributed by atoms with Gasteiger partial charge in [-0.05, 0) is 33.7 Å². The topological polar surface area (TPSA) is 53.6 Å². The van der Waals surface area contributed by atoms with E-state index in [0.717, 1.165) is 19.5 Å². The van der Waals surface area contributed by atoms with Gasteiger partial charge >= 0.3 is 0 Å². The van der Waals surface area contributed by atoms with Gasteiger partial charge in [0.05, 0.1) is 12.6 Å². The Morgan fingerprint density at radius 2 is 2.17 bits per heavy atom. The van der Waals surface area contributed by atoms with E-state index in [-0.39, 0.29) is 11.9 Å². The van der Waals surface area contributed by atoms with Gasteiger partial charge < -0.3 is 15.4 Å². The van der Waals surface area contributed by atoms with E-state index in [4.69, 9.17) is 4.74 Å². The Balaban J connectivity index is 2.24. The molecule has 0 saturated carbocycles. The van der Waals surface area contributed by atoms with Crippen LogP contribution in [0.5, 0.6) is 0 Å². The van der Waals surface area contributed by atoms with Gasteiger partial charge in [-0.15, -0.1) is 0 Å². The van der Waals surface area contributed by atoms with Gasteiger partial charge in [-0.2, -0.15) is 0 Å². The Bertz CT molecular complexity index is 259. The monoisotopic (exact) mass is 257 g/mol. The molecule has 0 aromatic rings. The minimum atomic E-state index is -0.140. The summed E-state index contributed by atoms with van der Waals surface area (Å²) in [4.78, 5) is 14.2. The lowest BCUT2D eigenvalue weighted by atomic mass is 10.2. The molecule has 1 amide bonds. The van der Waals surface area contributed by atoms with Gasteiger partial charge in [0, 0.05) is 32.3 Å². The Labute approximate surface area is 110 Å². The van der Waals surface area contributed by atoms with E-state index in [1.807, 2.05) is 6.92 Å². The third-order valence-electron chi connectivity index (χ3n) is 3.43. The van der Waals surface area contributed by atoms with Crippen LogP contribution in [0.1, 0.15) is 27.2 Å². The second-order valence-corrected chi connectivity index (χ2v) is 5.25. The van der Waals surface area contributed by atoms with Crippen LogP contribution in [0.3, 0.4) is 0 Å². The molecule has 1 aliphatic heterocycles. The summed E-state index contributed by atoms with van der Waals surface area (Å²) in [7, 11) is 1.63. The highest BCUT2D eigenvalue weighted by Gasteiger charge is 2.26. The molecule has 5 heteroatoms. The molecule has 0 aromatic heterocycles. The SMILES string of the molecule is COCCNC(=O)C(C)NC1CCN(C(C)C)C1. The van der Waals surface area contributed by atoms with E-state index >= 15 is 0 Å². The second kappa shape index (κ2) is 7.71. The quantitative estimate of drug-likeness (QED) is 0.640. The molecule has 2 N–H and O–H groups in total. The number of ether oxygens (including phenoxy) is 1. The number of nitrogens with one attached hydrogen (secondary N) is 2. The number of nitrogens with zero attached hydrogens (tertiary/aromatic N) is 1. The molecule has 0 aliphatic carbocycles. The molecule has 1 rings (SSSR count). The van der Waals surface area contributed by atoms with Gasteiger partial charge in [0.25, 0.3) is 0 Å². The maximum atomic E-state index is 11.8. The van der Waals surface area contributed by atoms with Crippen molar-refractivity contribution in [3.8, 4) is 0 Å². The number of carbonyl (C=O) groups excluding carboxylic acids is 1. The van der Waals surface area contributed by atoms with Gasteiger partial charge in [0.1, 0.15) is 0 Å². The van der Waals surface area contributed by atoms with Crippen LogP contribution in [0, 0.1) is 0 Å². The summed E-state index contributed by atoms with van der Waals surface area (Å²) >= 11 is 0.